The largest absolute Gasteiger partial charge is 0.390 e. The molecule has 0 aromatic heterocycles. The minimum atomic E-state index is -1.05. The van der Waals surface area contributed by atoms with Crippen LogP contribution in [0.3, 0.4) is 0 Å². The van der Waals surface area contributed by atoms with Crippen molar-refractivity contribution in [3.05, 3.63) is 70.8 Å². The number of nitrogens with one attached hydrogen (secondary N) is 2. The molecule has 0 fully saturated rings. The molecule has 0 aliphatic carbocycles. The molecular weight excluding hydrogens is 546 g/mol. The summed E-state index contributed by atoms with van der Waals surface area (Å²) in [5.41, 5.74) is 4.36. The highest BCUT2D eigenvalue weighted by Gasteiger charge is 2.27. The lowest BCUT2D eigenvalue weighted by atomic mass is 9.99. The van der Waals surface area contributed by atoms with Crippen molar-refractivity contribution in [2.75, 3.05) is 40.3 Å². The molecule has 0 aliphatic heterocycles. The van der Waals surface area contributed by atoms with Gasteiger partial charge in [0.1, 0.15) is 0 Å². The van der Waals surface area contributed by atoms with Gasteiger partial charge in [-0.15, -0.1) is 0 Å². The first-order chi connectivity index (χ1) is 20.4. The topological polar surface area (TPSA) is 122 Å². The van der Waals surface area contributed by atoms with Crippen LogP contribution in [-0.2, 0) is 11.2 Å². The molecule has 0 saturated carbocycles. The Kier molecular flexibility index (Phi) is 14.3. The second-order valence-corrected chi connectivity index (χ2v) is 11.3. The highest BCUT2D eigenvalue weighted by molar-refractivity contribution is 6.04. The van der Waals surface area contributed by atoms with Crippen molar-refractivity contribution in [3.63, 3.8) is 0 Å². The summed E-state index contributed by atoms with van der Waals surface area (Å²) < 4.78 is 0. The fraction of sp³-hybridized carbons (Fsp3) is 0.515. The Bertz CT molecular complexity index is 1210. The van der Waals surface area contributed by atoms with E-state index in [1.807, 2.05) is 51.1 Å². The van der Waals surface area contributed by atoms with Gasteiger partial charge >= 0.3 is 0 Å². The molecule has 2 aromatic carbocycles. The maximum atomic E-state index is 13.8. The van der Waals surface area contributed by atoms with E-state index in [1.54, 1.807) is 37.9 Å². The number of amides is 4. The number of likely N-dealkylation sites (N-methyl/N-ethyl adjacent to an activating group) is 1. The number of carbonyl (C=O) groups is 4. The predicted octanol–water partition coefficient (Wildman–Crippen LogP) is 3.36. The number of rotatable bonds is 16. The maximum absolute atomic E-state index is 13.8. The first-order valence-electron chi connectivity index (χ1n) is 15.2. The average Bonchev–Trinajstić information content (AvgIpc) is 2.99. The number of nitrogens with zero attached hydrogens (tertiary/aromatic N) is 3. The molecule has 2 unspecified atom stereocenters. The number of benzene rings is 2. The summed E-state index contributed by atoms with van der Waals surface area (Å²) in [6.45, 7) is 11.1. The normalized spacial score (nSPS) is 12.5. The first kappa shape index (κ1) is 35.4. The zero-order chi connectivity index (χ0) is 32.1. The molecule has 0 radical (unpaired) electrons. The van der Waals surface area contributed by atoms with Crippen LogP contribution in [0.1, 0.15) is 84.1 Å². The number of aliphatic hydroxyl groups excluding tert-OH is 1. The third-order valence-corrected chi connectivity index (χ3v) is 7.03. The fourth-order valence-electron chi connectivity index (χ4n) is 4.60. The van der Waals surface area contributed by atoms with Gasteiger partial charge in [0.15, 0.2) is 0 Å². The van der Waals surface area contributed by atoms with Gasteiger partial charge in [-0.2, -0.15) is 0 Å². The Morgan fingerprint density at radius 2 is 1.40 bits per heavy atom. The van der Waals surface area contributed by atoms with Crippen LogP contribution in [-0.4, -0.2) is 96.0 Å². The molecule has 0 heterocycles. The summed E-state index contributed by atoms with van der Waals surface area (Å²) in [5, 5.41) is 15.9. The van der Waals surface area contributed by atoms with Gasteiger partial charge in [-0.05, 0) is 43.0 Å². The molecule has 4 amide bonds. The Morgan fingerprint density at radius 1 is 0.837 bits per heavy atom. The Morgan fingerprint density at radius 3 is 1.91 bits per heavy atom. The SMILES string of the molecule is CCCN(CCC)C(=O)c1cc(C(=O)NC(Cc2ccccc2)C(O)CN(CC)NC(=O)C(C)C)cc(C(=O)N(C)C)c1. The molecule has 2 atom stereocenters. The van der Waals surface area contributed by atoms with E-state index in [4.69, 9.17) is 0 Å². The van der Waals surface area contributed by atoms with Gasteiger partial charge in [0.25, 0.3) is 17.7 Å². The lowest BCUT2D eigenvalue weighted by Crippen LogP contribution is -2.53. The van der Waals surface area contributed by atoms with E-state index < -0.39 is 18.1 Å². The van der Waals surface area contributed by atoms with Crippen LogP contribution in [0.15, 0.2) is 48.5 Å². The molecule has 2 rings (SSSR count). The maximum Gasteiger partial charge on any atom is 0.253 e. The molecule has 0 spiro atoms. The number of hydrogen-bond donors (Lipinski definition) is 3. The van der Waals surface area contributed by atoms with E-state index in [9.17, 15) is 24.3 Å². The summed E-state index contributed by atoms with van der Waals surface area (Å²) in [6, 6.07) is 13.3. The quantitative estimate of drug-likeness (QED) is 0.256. The van der Waals surface area contributed by atoms with Crippen molar-refractivity contribution >= 4 is 23.6 Å². The van der Waals surface area contributed by atoms with E-state index in [0.29, 0.717) is 26.1 Å². The predicted molar refractivity (Wildman–Crippen MR) is 169 cm³/mol. The van der Waals surface area contributed by atoms with Gasteiger partial charge in [0.2, 0.25) is 5.91 Å². The van der Waals surface area contributed by atoms with E-state index in [-0.39, 0.29) is 46.9 Å². The van der Waals surface area contributed by atoms with Gasteiger partial charge in [-0.3, -0.25) is 24.6 Å². The fourth-order valence-corrected chi connectivity index (χ4v) is 4.60. The van der Waals surface area contributed by atoms with Crippen LogP contribution < -0.4 is 10.7 Å². The molecule has 10 nitrogen and oxygen atoms in total. The number of hydrazine groups is 1. The second-order valence-electron chi connectivity index (χ2n) is 11.3. The summed E-state index contributed by atoms with van der Waals surface area (Å²) in [7, 11) is 3.22. The number of hydrogen-bond acceptors (Lipinski definition) is 6. The summed E-state index contributed by atoms with van der Waals surface area (Å²) in [5.74, 6) is -1.49. The van der Waals surface area contributed by atoms with Crippen molar-refractivity contribution < 1.29 is 24.3 Å². The van der Waals surface area contributed by atoms with Crippen molar-refractivity contribution in [2.24, 2.45) is 5.92 Å². The molecule has 236 valence electrons. The van der Waals surface area contributed by atoms with Crippen LogP contribution in [0, 0.1) is 5.92 Å². The minimum absolute atomic E-state index is 0.0820. The van der Waals surface area contributed by atoms with Gasteiger partial charge < -0.3 is 20.2 Å². The van der Waals surface area contributed by atoms with Crippen LogP contribution in [0.25, 0.3) is 0 Å². The lowest BCUT2D eigenvalue weighted by Gasteiger charge is -2.30. The number of carbonyl (C=O) groups excluding carboxylic acids is 4. The van der Waals surface area contributed by atoms with Gasteiger partial charge in [0, 0.05) is 62.9 Å². The minimum Gasteiger partial charge on any atom is -0.390 e. The zero-order valence-corrected chi connectivity index (χ0v) is 26.7. The van der Waals surface area contributed by atoms with Crippen molar-refractivity contribution in [2.45, 2.75) is 66.0 Å². The van der Waals surface area contributed by atoms with Crippen molar-refractivity contribution in [1.29, 1.82) is 0 Å². The van der Waals surface area contributed by atoms with Gasteiger partial charge in [0.05, 0.1) is 12.1 Å². The monoisotopic (exact) mass is 595 g/mol. The van der Waals surface area contributed by atoms with Crippen LogP contribution in [0.5, 0.6) is 0 Å². The smallest absolute Gasteiger partial charge is 0.253 e. The van der Waals surface area contributed by atoms with Gasteiger partial charge in [-0.25, -0.2) is 5.01 Å². The van der Waals surface area contributed by atoms with E-state index in [1.165, 1.54) is 23.1 Å². The highest BCUT2D eigenvalue weighted by atomic mass is 16.3. The molecule has 0 saturated heterocycles. The molecule has 43 heavy (non-hydrogen) atoms. The Hall–Kier alpha value is -3.76. The molecular formula is C33H49N5O5. The van der Waals surface area contributed by atoms with E-state index in [2.05, 4.69) is 10.7 Å². The van der Waals surface area contributed by atoms with Crippen molar-refractivity contribution in [3.8, 4) is 0 Å². The number of aliphatic hydroxyl groups is 1. The molecule has 0 aliphatic rings. The second kappa shape index (κ2) is 17.4. The highest BCUT2D eigenvalue weighted by Crippen LogP contribution is 2.17. The zero-order valence-electron chi connectivity index (χ0n) is 26.7. The third-order valence-electron chi connectivity index (χ3n) is 7.03. The van der Waals surface area contributed by atoms with E-state index in [0.717, 1.165) is 18.4 Å². The van der Waals surface area contributed by atoms with Crippen LogP contribution in [0.4, 0.5) is 0 Å². The summed E-state index contributed by atoms with van der Waals surface area (Å²) >= 11 is 0. The molecule has 0 bridgehead atoms. The molecule has 10 heteroatoms. The van der Waals surface area contributed by atoms with Crippen LogP contribution >= 0.6 is 0 Å². The standard InChI is InChI=1S/C33H49N5O5/c1-8-16-37(17-9-2)33(43)27-20-25(19-26(21-27)32(42)36(6)7)31(41)34-28(18-24-14-12-11-13-15-24)29(39)22-38(10-3)35-30(40)23(4)5/h11-15,19-21,23,28-29,39H,8-10,16-18,22H2,1-7H3,(H,34,41)(H,35,40). The third kappa shape index (κ3) is 10.8. The average molecular weight is 596 g/mol. The first-order valence-corrected chi connectivity index (χ1v) is 15.2. The van der Waals surface area contributed by atoms with Gasteiger partial charge in [-0.1, -0.05) is 65.0 Å². The Labute approximate surface area is 256 Å². The molecule has 2 aromatic rings. The Balaban J connectivity index is 2.45. The van der Waals surface area contributed by atoms with Crippen molar-refractivity contribution in [1.82, 2.24) is 25.6 Å². The summed E-state index contributed by atoms with van der Waals surface area (Å²) in [4.78, 5) is 55.6. The summed E-state index contributed by atoms with van der Waals surface area (Å²) in [6.07, 6.45) is 0.836. The lowest BCUT2D eigenvalue weighted by molar-refractivity contribution is -0.129. The van der Waals surface area contributed by atoms with E-state index >= 15 is 0 Å². The molecule has 3 N–H and O–H groups in total. The van der Waals surface area contributed by atoms with Crippen LogP contribution in [0.2, 0.25) is 0 Å².